The molecule has 0 unspecified atom stereocenters. The Balaban J connectivity index is 1.22. The van der Waals surface area contributed by atoms with Gasteiger partial charge in [0.1, 0.15) is 11.1 Å². The average Bonchev–Trinajstić information content (AvgIpc) is 3.54. The van der Waals surface area contributed by atoms with Crippen molar-refractivity contribution in [3.8, 4) is 56.4 Å². The molecule has 0 atom stereocenters. The number of hydrogen-bond donors (Lipinski definition) is 0. The molecule has 5 aromatic carbocycles. The third-order valence-electron chi connectivity index (χ3n) is 8.40. The van der Waals surface area contributed by atoms with E-state index >= 15 is 0 Å². The maximum Gasteiger partial charge on any atom is 0.164 e. The van der Waals surface area contributed by atoms with Gasteiger partial charge in [-0.3, -0.25) is 9.97 Å². The molecule has 0 radical (unpaired) electrons. The van der Waals surface area contributed by atoms with E-state index in [2.05, 4.69) is 53.5 Å². The second kappa shape index (κ2) is 11.1. The number of aromatic nitrogens is 5. The molecular formula is C41H25N5O. The van der Waals surface area contributed by atoms with Crippen LogP contribution in [0.4, 0.5) is 0 Å². The summed E-state index contributed by atoms with van der Waals surface area (Å²) < 4.78 is 6.19. The quantitative estimate of drug-likeness (QED) is 0.195. The summed E-state index contributed by atoms with van der Waals surface area (Å²) in [4.78, 5) is 24.3. The van der Waals surface area contributed by atoms with Gasteiger partial charge in [-0.1, -0.05) is 97.1 Å². The zero-order valence-corrected chi connectivity index (χ0v) is 25.1. The van der Waals surface area contributed by atoms with E-state index in [1.807, 2.05) is 97.2 Å². The molecule has 0 aliphatic carbocycles. The highest BCUT2D eigenvalue weighted by molar-refractivity contribution is 6.13. The van der Waals surface area contributed by atoms with Crippen molar-refractivity contribution in [1.29, 1.82) is 0 Å². The van der Waals surface area contributed by atoms with Crippen molar-refractivity contribution in [3.05, 3.63) is 152 Å². The van der Waals surface area contributed by atoms with Crippen LogP contribution in [0.25, 0.3) is 89.4 Å². The molecule has 0 aliphatic heterocycles. The van der Waals surface area contributed by atoms with Gasteiger partial charge in [-0.25, -0.2) is 15.0 Å². The molecule has 0 saturated carbocycles. The van der Waals surface area contributed by atoms with E-state index in [9.17, 15) is 0 Å². The second-order valence-corrected chi connectivity index (χ2v) is 11.3. The van der Waals surface area contributed by atoms with Crippen LogP contribution in [-0.2, 0) is 0 Å². The van der Waals surface area contributed by atoms with Crippen LogP contribution in [0.5, 0.6) is 0 Å². The predicted octanol–water partition coefficient (Wildman–Crippen LogP) is 10.0. The molecule has 4 aromatic heterocycles. The number of nitrogens with zero attached hydrogens (tertiary/aromatic N) is 5. The van der Waals surface area contributed by atoms with E-state index < -0.39 is 0 Å². The first kappa shape index (κ1) is 26.8. The summed E-state index contributed by atoms with van der Waals surface area (Å²) in [5.74, 6) is 1.88. The SMILES string of the molecule is c1ccc(-c2nc(-c3ccccc3)nc(-c3cccc(-c4cc(-c5cccc6oc7cccnc7c56)c5ncccc5c4)c3)n2)cc1. The molecule has 9 aromatic rings. The molecule has 0 fully saturated rings. The zero-order valence-electron chi connectivity index (χ0n) is 25.1. The summed E-state index contributed by atoms with van der Waals surface area (Å²) in [5.41, 5.74) is 10.2. The lowest BCUT2D eigenvalue weighted by atomic mass is 9.93. The Morgan fingerprint density at radius 2 is 0.979 bits per heavy atom. The summed E-state index contributed by atoms with van der Waals surface area (Å²) in [5, 5.41) is 2.02. The second-order valence-electron chi connectivity index (χ2n) is 11.3. The van der Waals surface area contributed by atoms with Crippen LogP contribution in [0.2, 0.25) is 0 Å². The molecule has 0 saturated heterocycles. The van der Waals surface area contributed by atoms with Crippen molar-refractivity contribution in [2.45, 2.75) is 0 Å². The van der Waals surface area contributed by atoms with E-state index in [0.29, 0.717) is 17.5 Å². The summed E-state index contributed by atoms with van der Waals surface area (Å²) in [6, 6.07) is 46.9. The fourth-order valence-electron chi connectivity index (χ4n) is 6.20. The maximum absolute atomic E-state index is 6.19. The van der Waals surface area contributed by atoms with Crippen LogP contribution in [0.1, 0.15) is 0 Å². The van der Waals surface area contributed by atoms with Gasteiger partial charge >= 0.3 is 0 Å². The zero-order chi connectivity index (χ0) is 31.2. The van der Waals surface area contributed by atoms with Crippen LogP contribution in [0, 0.1) is 0 Å². The smallest absolute Gasteiger partial charge is 0.164 e. The summed E-state index contributed by atoms with van der Waals surface area (Å²) in [6.45, 7) is 0. The first-order valence-electron chi connectivity index (χ1n) is 15.4. The third kappa shape index (κ3) is 4.80. The molecule has 9 rings (SSSR count). The molecule has 220 valence electrons. The molecule has 0 aliphatic rings. The normalized spacial score (nSPS) is 11.4. The molecular weight excluding hydrogens is 578 g/mol. The minimum absolute atomic E-state index is 0.614. The van der Waals surface area contributed by atoms with Crippen molar-refractivity contribution in [1.82, 2.24) is 24.9 Å². The first-order valence-corrected chi connectivity index (χ1v) is 15.4. The van der Waals surface area contributed by atoms with E-state index in [0.717, 1.165) is 71.9 Å². The number of furan rings is 1. The average molecular weight is 604 g/mol. The molecule has 6 nitrogen and oxygen atoms in total. The van der Waals surface area contributed by atoms with Crippen molar-refractivity contribution in [3.63, 3.8) is 0 Å². The van der Waals surface area contributed by atoms with E-state index in [-0.39, 0.29) is 0 Å². The van der Waals surface area contributed by atoms with Crippen molar-refractivity contribution in [2.75, 3.05) is 0 Å². The highest BCUT2D eigenvalue weighted by Gasteiger charge is 2.18. The third-order valence-corrected chi connectivity index (χ3v) is 8.40. The number of pyridine rings is 2. The van der Waals surface area contributed by atoms with Gasteiger partial charge < -0.3 is 4.42 Å². The molecule has 6 heteroatoms. The number of rotatable bonds is 5. The Morgan fingerprint density at radius 3 is 1.72 bits per heavy atom. The van der Waals surface area contributed by atoms with Crippen LogP contribution < -0.4 is 0 Å². The molecule has 0 N–H and O–H groups in total. The minimum Gasteiger partial charge on any atom is -0.454 e. The summed E-state index contributed by atoms with van der Waals surface area (Å²) in [6.07, 6.45) is 3.65. The van der Waals surface area contributed by atoms with E-state index in [1.54, 1.807) is 6.20 Å². The van der Waals surface area contributed by atoms with Crippen molar-refractivity contribution < 1.29 is 4.42 Å². The molecule has 0 bridgehead atoms. The summed E-state index contributed by atoms with van der Waals surface area (Å²) in [7, 11) is 0. The van der Waals surface area contributed by atoms with Crippen LogP contribution in [0.15, 0.2) is 156 Å². The van der Waals surface area contributed by atoms with Crippen molar-refractivity contribution in [2.24, 2.45) is 0 Å². The molecule has 4 heterocycles. The fraction of sp³-hybridized carbons (Fsp3) is 0. The lowest BCUT2D eigenvalue weighted by Gasteiger charge is -2.13. The van der Waals surface area contributed by atoms with Gasteiger partial charge in [0.05, 0.1) is 10.9 Å². The van der Waals surface area contributed by atoms with Gasteiger partial charge in [0, 0.05) is 40.0 Å². The van der Waals surface area contributed by atoms with E-state index in [4.69, 9.17) is 24.4 Å². The highest BCUT2D eigenvalue weighted by atomic mass is 16.3. The monoisotopic (exact) mass is 603 g/mol. The Kier molecular flexibility index (Phi) is 6.35. The van der Waals surface area contributed by atoms with Crippen LogP contribution in [0.3, 0.4) is 0 Å². The van der Waals surface area contributed by atoms with Gasteiger partial charge in [0.25, 0.3) is 0 Å². The Labute approximate surface area is 270 Å². The Morgan fingerprint density at radius 1 is 0.383 bits per heavy atom. The predicted molar refractivity (Wildman–Crippen MR) is 187 cm³/mol. The van der Waals surface area contributed by atoms with E-state index in [1.165, 1.54) is 0 Å². The maximum atomic E-state index is 6.19. The van der Waals surface area contributed by atoms with Gasteiger partial charge in [0.15, 0.2) is 23.1 Å². The fourth-order valence-corrected chi connectivity index (χ4v) is 6.20. The molecule has 0 amide bonds. The molecule has 47 heavy (non-hydrogen) atoms. The van der Waals surface area contributed by atoms with Gasteiger partial charge in [-0.2, -0.15) is 0 Å². The highest BCUT2D eigenvalue weighted by Crippen LogP contribution is 2.40. The van der Waals surface area contributed by atoms with Crippen LogP contribution >= 0.6 is 0 Å². The van der Waals surface area contributed by atoms with Crippen molar-refractivity contribution >= 4 is 33.0 Å². The van der Waals surface area contributed by atoms with Gasteiger partial charge in [0.2, 0.25) is 0 Å². The van der Waals surface area contributed by atoms with Gasteiger partial charge in [-0.05, 0) is 59.2 Å². The molecule has 0 spiro atoms. The number of fused-ring (bicyclic) bond motifs is 4. The standard InChI is InChI=1S/C41H25N5O/c1-3-11-26(12-4-1)39-44-40(27-13-5-2-6-14-27)46-41(45-39)30-16-7-15-28(23-30)31-24-29-17-9-21-42-37(29)33(25-31)32-18-8-19-34-36(32)38-35(47-34)20-10-22-43-38/h1-25H. The topological polar surface area (TPSA) is 77.6 Å². The Bertz CT molecular complexity index is 2520. The number of benzene rings is 5. The number of hydrogen-bond acceptors (Lipinski definition) is 6. The largest absolute Gasteiger partial charge is 0.454 e. The Hall–Kier alpha value is -6.53. The summed E-state index contributed by atoms with van der Waals surface area (Å²) >= 11 is 0. The van der Waals surface area contributed by atoms with Gasteiger partial charge in [-0.15, -0.1) is 0 Å². The minimum atomic E-state index is 0.614. The lowest BCUT2D eigenvalue weighted by molar-refractivity contribution is 0.668. The lowest BCUT2D eigenvalue weighted by Crippen LogP contribution is -2.00. The van der Waals surface area contributed by atoms with Crippen LogP contribution in [-0.4, -0.2) is 24.9 Å². The first-order chi connectivity index (χ1) is 23.3.